The number of hydrogen-bond acceptors (Lipinski definition) is 4. The van der Waals surface area contributed by atoms with Gasteiger partial charge in [-0.05, 0) is 57.0 Å². The molecule has 0 bridgehead atoms. The van der Waals surface area contributed by atoms with Gasteiger partial charge in [0.25, 0.3) is 5.91 Å². The van der Waals surface area contributed by atoms with Crippen LogP contribution < -0.4 is 10.2 Å². The van der Waals surface area contributed by atoms with Gasteiger partial charge in [-0.1, -0.05) is 23.6 Å². The van der Waals surface area contributed by atoms with Gasteiger partial charge in [0, 0.05) is 30.4 Å². The van der Waals surface area contributed by atoms with E-state index in [1.807, 2.05) is 56.3 Å². The highest BCUT2D eigenvalue weighted by Crippen LogP contribution is 2.28. The minimum absolute atomic E-state index is 0.198. The molecule has 0 unspecified atom stereocenters. The molecule has 1 aromatic heterocycles. The normalized spacial score (nSPS) is 17.1. The van der Waals surface area contributed by atoms with Gasteiger partial charge in [0.05, 0.1) is 41.9 Å². The van der Waals surface area contributed by atoms with Gasteiger partial charge in [-0.25, -0.2) is 4.68 Å². The number of benzene rings is 2. The van der Waals surface area contributed by atoms with Crippen LogP contribution in [0.15, 0.2) is 48.7 Å². The number of nitrogens with zero attached hydrogens (tertiary/aromatic N) is 4. The maximum absolute atomic E-state index is 13.1. The van der Waals surface area contributed by atoms with Gasteiger partial charge in [-0.3, -0.25) is 9.69 Å². The fraction of sp³-hybridized carbons (Fsp3) is 0.379. The number of anilines is 2. The van der Waals surface area contributed by atoms with Crippen molar-refractivity contribution < 1.29 is 9.53 Å². The van der Waals surface area contributed by atoms with Gasteiger partial charge in [0.2, 0.25) is 0 Å². The summed E-state index contributed by atoms with van der Waals surface area (Å²) in [5.74, 6) is 2.63. The van der Waals surface area contributed by atoms with E-state index in [-0.39, 0.29) is 5.91 Å². The number of amides is 1. The van der Waals surface area contributed by atoms with Crippen molar-refractivity contribution in [2.24, 2.45) is 0 Å². The lowest BCUT2D eigenvalue weighted by Crippen LogP contribution is -2.49. The maximum atomic E-state index is 13.1. The average Bonchev–Trinajstić information content (AvgIpc) is 3.31. The second-order valence-corrected chi connectivity index (χ2v) is 9.65. The molecule has 3 aromatic rings. The first-order valence-corrected chi connectivity index (χ1v) is 12.7. The predicted octanol–water partition coefficient (Wildman–Crippen LogP) is 3.54. The summed E-state index contributed by atoms with van der Waals surface area (Å²) >= 11 is 0. The van der Waals surface area contributed by atoms with Crippen molar-refractivity contribution >= 4 is 17.3 Å². The molecule has 1 amide bonds. The third kappa shape index (κ3) is 5.01. The number of carbonyl (C=O) groups is 1. The van der Waals surface area contributed by atoms with Crippen LogP contribution in [-0.4, -0.2) is 70.8 Å². The van der Waals surface area contributed by atoms with Crippen molar-refractivity contribution in [1.82, 2.24) is 14.7 Å². The Hall–Kier alpha value is -3.60. The molecule has 0 saturated carbocycles. The van der Waals surface area contributed by atoms with Gasteiger partial charge < -0.3 is 15.0 Å². The minimum atomic E-state index is -0.198. The molecule has 3 heterocycles. The predicted molar refractivity (Wildman–Crippen MR) is 144 cm³/mol. The lowest BCUT2D eigenvalue weighted by atomic mass is 10.0. The summed E-state index contributed by atoms with van der Waals surface area (Å²) in [7, 11) is 0. The Morgan fingerprint density at radius 1 is 1.06 bits per heavy atom. The fourth-order valence-electron chi connectivity index (χ4n) is 5.24. The Balaban J connectivity index is 1.26. The summed E-state index contributed by atoms with van der Waals surface area (Å²) in [5, 5.41) is 7.44. The number of hydrogen-bond donors (Lipinski definition) is 1. The SMILES string of the molecule is C#Cc1cc(NC(=O)c2cnn(-c3ccc(C)cc3)c2C)ccc1N1CCC(N2CC[OH+]CC2)CC1. The number of piperidine rings is 1. The summed E-state index contributed by atoms with van der Waals surface area (Å²) in [6.07, 6.45) is 9.77. The van der Waals surface area contributed by atoms with Gasteiger partial charge >= 0.3 is 0 Å². The molecule has 2 aliphatic rings. The molecule has 0 spiro atoms. The van der Waals surface area contributed by atoms with Gasteiger partial charge in [0.1, 0.15) is 0 Å². The molecular weight excluding hydrogens is 450 g/mol. The number of aliphatic hydroxyl groups is 2. The van der Waals surface area contributed by atoms with Crippen molar-refractivity contribution in [3.63, 3.8) is 0 Å². The molecule has 5 rings (SSSR count). The van der Waals surface area contributed by atoms with E-state index in [0.29, 0.717) is 17.3 Å². The van der Waals surface area contributed by atoms with E-state index in [0.717, 1.165) is 74.9 Å². The molecule has 2 aromatic carbocycles. The molecule has 36 heavy (non-hydrogen) atoms. The van der Waals surface area contributed by atoms with Crippen LogP contribution >= 0.6 is 0 Å². The van der Waals surface area contributed by atoms with Crippen LogP contribution in [0.2, 0.25) is 0 Å². The topological polar surface area (TPSA) is 66.2 Å². The third-order valence-electron chi connectivity index (χ3n) is 7.36. The molecule has 7 nitrogen and oxygen atoms in total. The smallest absolute Gasteiger partial charge is 0.259 e. The van der Waals surface area contributed by atoms with Crippen LogP contribution in [0, 0.1) is 26.2 Å². The van der Waals surface area contributed by atoms with Crippen LogP contribution in [0.3, 0.4) is 0 Å². The van der Waals surface area contributed by atoms with Gasteiger partial charge in [-0.2, -0.15) is 5.10 Å². The van der Waals surface area contributed by atoms with Crippen molar-refractivity contribution in [3.8, 4) is 18.0 Å². The number of carbonyl (C=O) groups excluding carboxylic acids is 1. The van der Waals surface area contributed by atoms with Gasteiger partial charge in [0.15, 0.2) is 13.2 Å². The second-order valence-electron chi connectivity index (χ2n) is 9.65. The lowest BCUT2D eigenvalue weighted by Gasteiger charge is -2.40. The fourth-order valence-corrected chi connectivity index (χ4v) is 5.24. The third-order valence-corrected chi connectivity index (χ3v) is 7.36. The summed E-state index contributed by atoms with van der Waals surface area (Å²) in [4.78, 5) is 18.0. The van der Waals surface area contributed by atoms with E-state index in [4.69, 9.17) is 6.42 Å². The monoisotopic (exact) mass is 484 g/mol. The first-order valence-electron chi connectivity index (χ1n) is 12.7. The zero-order valence-corrected chi connectivity index (χ0v) is 21.1. The molecule has 7 heteroatoms. The largest absolute Gasteiger partial charge is 0.432 e. The Morgan fingerprint density at radius 2 is 1.78 bits per heavy atom. The molecule has 2 N–H and O–H groups in total. The zero-order chi connectivity index (χ0) is 25.1. The molecule has 0 atom stereocenters. The molecule has 186 valence electrons. The molecular formula is C29H34N5O2+. The number of aromatic nitrogens is 2. The number of morpholine rings is 1. The average molecular weight is 485 g/mol. The van der Waals surface area contributed by atoms with Crippen LogP contribution in [0.1, 0.15) is 40.0 Å². The quantitative estimate of drug-likeness (QED) is 0.445. The van der Waals surface area contributed by atoms with E-state index >= 15 is 0 Å². The highest BCUT2D eigenvalue weighted by Gasteiger charge is 2.28. The highest BCUT2D eigenvalue weighted by atomic mass is 16.5. The standard InChI is InChI=1S/C29H33N5O2/c1-4-23-19-24(7-10-28(23)33-13-11-25(12-14-33)32-15-17-36-18-16-32)31-29(35)27-20-30-34(22(27)3)26-8-5-21(2)6-9-26/h1,5-10,19-20,25H,11-18H2,2-3H3,(H,31,35)/p+1. The van der Waals surface area contributed by atoms with Crippen LogP contribution in [0.5, 0.6) is 0 Å². The maximum Gasteiger partial charge on any atom is 0.259 e. The highest BCUT2D eigenvalue weighted by molar-refractivity contribution is 6.05. The number of aryl methyl sites for hydroxylation is 1. The Kier molecular flexibility index (Phi) is 7.08. The van der Waals surface area contributed by atoms with Crippen molar-refractivity contribution in [2.45, 2.75) is 32.7 Å². The van der Waals surface area contributed by atoms with E-state index in [9.17, 15) is 4.79 Å². The molecule has 0 aliphatic carbocycles. The van der Waals surface area contributed by atoms with Crippen LogP contribution in [-0.2, 0) is 0 Å². The Labute approximate surface area is 213 Å². The lowest BCUT2D eigenvalue weighted by molar-refractivity contribution is -0.101. The second kappa shape index (κ2) is 10.6. The van der Waals surface area contributed by atoms with Crippen molar-refractivity contribution in [2.75, 3.05) is 49.6 Å². The van der Waals surface area contributed by atoms with Crippen LogP contribution in [0.25, 0.3) is 5.69 Å². The number of terminal acetylenes is 1. The summed E-state index contributed by atoms with van der Waals surface area (Å²) in [6.45, 7) is 9.99. The summed E-state index contributed by atoms with van der Waals surface area (Å²) in [6, 6.07) is 14.6. The van der Waals surface area contributed by atoms with E-state index in [1.165, 1.54) is 5.56 Å². The Morgan fingerprint density at radius 3 is 2.47 bits per heavy atom. The number of nitrogens with one attached hydrogen (secondary N) is 1. The molecule has 2 aliphatic heterocycles. The zero-order valence-electron chi connectivity index (χ0n) is 21.1. The van der Waals surface area contributed by atoms with Crippen LogP contribution in [0.4, 0.5) is 11.4 Å². The first-order chi connectivity index (χ1) is 17.5. The number of ether oxygens (including phenoxy) is 1. The number of rotatable bonds is 5. The molecule has 2 saturated heterocycles. The van der Waals surface area contributed by atoms with Gasteiger partial charge in [-0.15, -0.1) is 6.42 Å². The molecule has 0 radical (unpaired) electrons. The minimum Gasteiger partial charge on any atom is -0.432 e. The van der Waals surface area contributed by atoms with E-state index < -0.39 is 0 Å². The summed E-state index contributed by atoms with van der Waals surface area (Å²) in [5.41, 5.74) is 5.98. The summed E-state index contributed by atoms with van der Waals surface area (Å²) < 4.78 is 6.25. The van der Waals surface area contributed by atoms with Crippen molar-refractivity contribution in [3.05, 3.63) is 71.0 Å². The van der Waals surface area contributed by atoms with Crippen molar-refractivity contribution in [1.29, 1.82) is 0 Å². The van der Waals surface area contributed by atoms with E-state index in [1.54, 1.807) is 10.9 Å². The Bertz CT molecular complexity index is 1260. The molecule has 2 fully saturated rings. The van der Waals surface area contributed by atoms with E-state index in [2.05, 4.69) is 30.9 Å². The first kappa shape index (κ1) is 24.1.